The second-order valence-corrected chi connectivity index (χ2v) is 4.23. The minimum atomic E-state index is -0.386. The van der Waals surface area contributed by atoms with Gasteiger partial charge in [-0.1, -0.05) is 6.58 Å². The zero-order valence-electron chi connectivity index (χ0n) is 9.15. The largest absolute Gasteiger partial charge is 0.465 e. The second-order valence-electron chi connectivity index (χ2n) is 3.19. The van der Waals surface area contributed by atoms with Crippen LogP contribution < -0.4 is 0 Å². The van der Waals surface area contributed by atoms with Crippen molar-refractivity contribution < 1.29 is 14.3 Å². The SMILES string of the molecule is C=C(C)C(=O)Sc1ccc(C(=O)OC)cc1. The van der Waals surface area contributed by atoms with Crippen LogP contribution in [0.4, 0.5) is 0 Å². The number of rotatable bonds is 3. The molecule has 1 aromatic rings. The fourth-order valence-electron chi connectivity index (χ4n) is 0.971. The van der Waals surface area contributed by atoms with E-state index in [0.717, 1.165) is 16.7 Å². The fourth-order valence-corrected chi connectivity index (χ4v) is 1.63. The van der Waals surface area contributed by atoms with Gasteiger partial charge in [0.15, 0.2) is 0 Å². The van der Waals surface area contributed by atoms with Crippen molar-refractivity contribution in [3.8, 4) is 0 Å². The quantitative estimate of drug-likeness (QED) is 0.460. The number of carbonyl (C=O) groups excluding carboxylic acids is 2. The number of ether oxygens (including phenoxy) is 1. The molecule has 0 aliphatic rings. The van der Waals surface area contributed by atoms with E-state index in [-0.39, 0.29) is 11.1 Å². The monoisotopic (exact) mass is 236 g/mol. The van der Waals surface area contributed by atoms with Gasteiger partial charge in [-0.3, -0.25) is 4.79 Å². The van der Waals surface area contributed by atoms with Gasteiger partial charge in [-0.2, -0.15) is 0 Å². The number of benzene rings is 1. The smallest absolute Gasteiger partial charge is 0.337 e. The summed E-state index contributed by atoms with van der Waals surface area (Å²) in [4.78, 5) is 23.3. The Hall–Kier alpha value is -1.55. The fraction of sp³-hybridized carbons (Fsp3) is 0.167. The topological polar surface area (TPSA) is 43.4 Å². The molecule has 1 rings (SSSR count). The lowest BCUT2D eigenvalue weighted by Gasteiger charge is -2.01. The molecule has 0 saturated carbocycles. The first-order valence-electron chi connectivity index (χ1n) is 4.60. The number of methoxy groups -OCH3 is 1. The molecule has 0 amide bonds. The highest BCUT2D eigenvalue weighted by Crippen LogP contribution is 2.21. The molecular weight excluding hydrogens is 224 g/mol. The molecule has 0 aliphatic heterocycles. The van der Waals surface area contributed by atoms with E-state index in [1.807, 2.05) is 0 Å². The van der Waals surface area contributed by atoms with Crippen LogP contribution in [0.5, 0.6) is 0 Å². The Morgan fingerprint density at radius 1 is 1.25 bits per heavy atom. The van der Waals surface area contributed by atoms with E-state index in [0.29, 0.717) is 11.1 Å². The zero-order valence-corrected chi connectivity index (χ0v) is 9.97. The van der Waals surface area contributed by atoms with E-state index in [4.69, 9.17) is 0 Å². The molecule has 16 heavy (non-hydrogen) atoms. The normalized spacial score (nSPS) is 9.62. The summed E-state index contributed by atoms with van der Waals surface area (Å²) in [5.41, 5.74) is 0.969. The van der Waals surface area contributed by atoms with Crippen molar-refractivity contribution in [3.63, 3.8) is 0 Å². The number of thioether (sulfide) groups is 1. The molecule has 84 valence electrons. The lowest BCUT2D eigenvalue weighted by molar-refractivity contribution is -0.107. The number of esters is 1. The van der Waals surface area contributed by atoms with Gasteiger partial charge in [0.1, 0.15) is 0 Å². The third kappa shape index (κ3) is 3.24. The minimum Gasteiger partial charge on any atom is -0.465 e. The van der Waals surface area contributed by atoms with Gasteiger partial charge in [0.25, 0.3) is 0 Å². The highest BCUT2D eigenvalue weighted by Gasteiger charge is 2.07. The molecule has 0 spiro atoms. The van der Waals surface area contributed by atoms with Crippen molar-refractivity contribution in [2.45, 2.75) is 11.8 Å². The predicted molar refractivity (Wildman–Crippen MR) is 63.5 cm³/mol. The summed E-state index contributed by atoms with van der Waals surface area (Å²) < 4.78 is 4.57. The van der Waals surface area contributed by atoms with Crippen LogP contribution in [0.15, 0.2) is 41.3 Å². The maximum Gasteiger partial charge on any atom is 0.337 e. The van der Waals surface area contributed by atoms with Crippen molar-refractivity contribution in [1.29, 1.82) is 0 Å². The van der Waals surface area contributed by atoms with Crippen LogP contribution in [0.3, 0.4) is 0 Å². The van der Waals surface area contributed by atoms with E-state index < -0.39 is 0 Å². The first-order valence-corrected chi connectivity index (χ1v) is 5.42. The van der Waals surface area contributed by atoms with E-state index in [2.05, 4.69) is 11.3 Å². The van der Waals surface area contributed by atoms with Crippen LogP contribution in [0.25, 0.3) is 0 Å². The lowest BCUT2D eigenvalue weighted by atomic mass is 10.2. The predicted octanol–water partition coefficient (Wildman–Crippen LogP) is 2.67. The van der Waals surface area contributed by atoms with Gasteiger partial charge in [-0.15, -0.1) is 0 Å². The molecule has 0 unspecified atom stereocenters. The van der Waals surface area contributed by atoms with Crippen LogP contribution in [-0.2, 0) is 9.53 Å². The molecule has 3 nitrogen and oxygen atoms in total. The van der Waals surface area contributed by atoms with Crippen LogP contribution >= 0.6 is 11.8 Å². The summed E-state index contributed by atoms with van der Waals surface area (Å²) >= 11 is 1.09. The third-order valence-corrected chi connectivity index (χ3v) is 2.88. The first-order chi connectivity index (χ1) is 7.54. The Bertz CT molecular complexity index is 420. The molecule has 4 heteroatoms. The highest BCUT2D eigenvalue weighted by atomic mass is 32.2. The average molecular weight is 236 g/mol. The zero-order chi connectivity index (χ0) is 12.1. The minimum absolute atomic E-state index is 0.0779. The molecule has 0 aliphatic carbocycles. The van der Waals surface area contributed by atoms with Crippen LogP contribution in [-0.4, -0.2) is 18.2 Å². The summed E-state index contributed by atoms with van der Waals surface area (Å²) in [7, 11) is 1.33. The van der Waals surface area contributed by atoms with Crippen molar-refractivity contribution in [2.75, 3.05) is 7.11 Å². The molecule has 0 N–H and O–H groups in total. The Labute approximate surface area is 98.5 Å². The molecule has 0 bridgehead atoms. The second kappa shape index (κ2) is 5.51. The van der Waals surface area contributed by atoms with E-state index in [1.54, 1.807) is 31.2 Å². The number of hydrogen-bond acceptors (Lipinski definition) is 4. The summed E-state index contributed by atoms with van der Waals surface area (Å²) in [6, 6.07) is 6.66. The van der Waals surface area contributed by atoms with Crippen molar-refractivity contribution in [3.05, 3.63) is 42.0 Å². The van der Waals surface area contributed by atoms with E-state index in [1.165, 1.54) is 7.11 Å². The molecule has 1 aromatic carbocycles. The van der Waals surface area contributed by atoms with Gasteiger partial charge in [0.2, 0.25) is 5.12 Å². The molecular formula is C12H12O3S. The van der Waals surface area contributed by atoms with Crippen LogP contribution in [0.1, 0.15) is 17.3 Å². The van der Waals surface area contributed by atoms with Crippen molar-refractivity contribution in [1.82, 2.24) is 0 Å². The standard InChI is InChI=1S/C12H12O3S/c1-8(2)12(14)16-10-6-4-9(5-7-10)11(13)15-3/h4-7H,1H2,2-3H3. The van der Waals surface area contributed by atoms with Gasteiger partial charge < -0.3 is 4.74 Å². The van der Waals surface area contributed by atoms with Crippen LogP contribution in [0.2, 0.25) is 0 Å². The summed E-state index contributed by atoms with van der Waals surface area (Å²) in [5.74, 6) is -0.386. The van der Waals surface area contributed by atoms with Gasteiger partial charge in [-0.25, -0.2) is 4.79 Å². The maximum absolute atomic E-state index is 11.4. The van der Waals surface area contributed by atoms with Crippen LogP contribution in [0, 0.1) is 0 Å². The van der Waals surface area contributed by atoms with E-state index in [9.17, 15) is 9.59 Å². The Kier molecular flexibility index (Phi) is 4.31. The number of carbonyl (C=O) groups is 2. The van der Waals surface area contributed by atoms with E-state index >= 15 is 0 Å². The molecule has 0 fully saturated rings. The average Bonchev–Trinajstić information content (AvgIpc) is 2.28. The van der Waals surface area contributed by atoms with Gasteiger partial charge in [0, 0.05) is 4.90 Å². The number of hydrogen-bond donors (Lipinski definition) is 0. The van der Waals surface area contributed by atoms with Crippen molar-refractivity contribution >= 4 is 22.8 Å². The molecule has 0 atom stereocenters. The molecule has 0 heterocycles. The first kappa shape index (κ1) is 12.5. The maximum atomic E-state index is 11.4. The summed E-state index contributed by atoms with van der Waals surface area (Å²) in [5, 5.41) is -0.0779. The molecule has 0 radical (unpaired) electrons. The lowest BCUT2D eigenvalue weighted by Crippen LogP contribution is -2.00. The Morgan fingerprint density at radius 3 is 2.25 bits per heavy atom. The molecule has 0 aromatic heterocycles. The molecule has 0 saturated heterocycles. The summed E-state index contributed by atoms with van der Waals surface area (Å²) in [6.45, 7) is 5.23. The Morgan fingerprint density at radius 2 is 1.81 bits per heavy atom. The summed E-state index contributed by atoms with van der Waals surface area (Å²) in [6.07, 6.45) is 0. The Balaban J connectivity index is 2.76. The highest BCUT2D eigenvalue weighted by molar-refractivity contribution is 8.14. The van der Waals surface area contributed by atoms with Gasteiger partial charge in [0.05, 0.1) is 12.7 Å². The van der Waals surface area contributed by atoms with Gasteiger partial charge >= 0.3 is 5.97 Å². The third-order valence-electron chi connectivity index (χ3n) is 1.83. The van der Waals surface area contributed by atoms with Gasteiger partial charge in [-0.05, 0) is 48.5 Å². The van der Waals surface area contributed by atoms with Crippen molar-refractivity contribution in [2.24, 2.45) is 0 Å².